The van der Waals surface area contributed by atoms with Gasteiger partial charge in [0, 0.05) is 31.4 Å². The molecule has 112 valence electrons. The Hall–Kier alpha value is -1.53. The molecule has 0 saturated carbocycles. The van der Waals surface area contributed by atoms with Gasteiger partial charge in [-0.25, -0.2) is 0 Å². The fraction of sp³-hybridized carbons (Fsp3) is 0.643. The standard InChI is InChI=1S/C14H22N2O4/c1-9(2)11(17)4-3-5-12(18)10(8-15)16-13(19)6-7-14(16)20/h6-7,9-10,13,19H,3-5,8,15H2,1-2H3. The van der Waals surface area contributed by atoms with Crippen LogP contribution in [-0.2, 0) is 14.4 Å². The topological polar surface area (TPSA) is 101 Å². The van der Waals surface area contributed by atoms with Crippen molar-refractivity contribution < 1.29 is 19.5 Å². The molecule has 20 heavy (non-hydrogen) atoms. The zero-order valence-corrected chi connectivity index (χ0v) is 11.9. The van der Waals surface area contributed by atoms with Gasteiger partial charge in [-0.3, -0.25) is 19.3 Å². The summed E-state index contributed by atoms with van der Waals surface area (Å²) in [4.78, 5) is 36.2. The first-order valence-electron chi connectivity index (χ1n) is 6.82. The van der Waals surface area contributed by atoms with Crippen LogP contribution in [0, 0.1) is 5.92 Å². The van der Waals surface area contributed by atoms with Crippen LogP contribution in [0.3, 0.4) is 0 Å². The van der Waals surface area contributed by atoms with Crippen molar-refractivity contribution in [2.24, 2.45) is 11.7 Å². The Morgan fingerprint density at radius 3 is 2.40 bits per heavy atom. The van der Waals surface area contributed by atoms with E-state index in [1.54, 1.807) is 0 Å². The van der Waals surface area contributed by atoms with Crippen LogP contribution in [0.5, 0.6) is 0 Å². The van der Waals surface area contributed by atoms with E-state index in [1.807, 2.05) is 13.8 Å². The molecule has 0 aliphatic carbocycles. The number of nitrogens with two attached hydrogens (primary N) is 1. The second-order valence-corrected chi connectivity index (χ2v) is 5.21. The maximum absolute atomic E-state index is 12.1. The number of amides is 1. The maximum atomic E-state index is 12.1. The monoisotopic (exact) mass is 282 g/mol. The summed E-state index contributed by atoms with van der Waals surface area (Å²) in [5, 5.41) is 9.65. The van der Waals surface area contributed by atoms with Crippen LogP contribution < -0.4 is 5.73 Å². The van der Waals surface area contributed by atoms with Gasteiger partial charge in [-0.05, 0) is 12.5 Å². The van der Waals surface area contributed by atoms with Gasteiger partial charge in [0.25, 0.3) is 0 Å². The van der Waals surface area contributed by atoms with Gasteiger partial charge in [-0.15, -0.1) is 0 Å². The average molecular weight is 282 g/mol. The second kappa shape index (κ2) is 7.31. The van der Waals surface area contributed by atoms with E-state index in [-0.39, 0.29) is 30.4 Å². The molecule has 0 aromatic heterocycles. The van der Waals surface area contributed by atoms with Crippen molar-refractivity contribution in [1.82, 2.24) is 4.90 Å². The third-order valence-corrected chi connectivity index (χ3v) is 3.37. The smallest absolute Gasteiger partial charge is 0.249 e. The van der Waals surface area contributed by atoms with Crippen molar-refractivity contribution in [3.8, 4) is 0 Å². The molecule has 1 aliphatic heterocycles. The van der Waals surface area contributed by atoms with Gasteiger partial charge in [0.05, 0.1) is 0 Å². The Kier molecular flexibility index (Phi) is 6.04. The molecule has 0 bridgehead atoms. The Balaban J connectivity index is 2.52. The molecule has 6 heteroatoms. The number of ketones is 2. The van der Waals surface area contributed by atoms with E-state index in [0.29, 0.717) is 12.8 Å². The number of carbonyl (C=O) groups excluding carboxylic acids is 3. The third-order valence-electron chi connectivity index (χ3n) is 3.37. The fourth-order valence-corrected chi connectivity index (χ4v) is 2.11. The van der Waals surface area contributed by atoms with Gasteiger partial charge >= 0.3 is 0 Å². The Labute approximate surface area is 118 Å². The minimum absolute atomic E-state index is 0.0402. The molecular weight excluding hydrogens is 260 g/mol. The van der Waals surface area contributed by atoms with Crippen molar-refractivity contribution in [1.29, 1.82) is 0 Å². The van der Waals surface area contributed by atoms with E-state index >= 15 is 0 Å². The van der Waals surface area contributed by atoms with Gasteiger partial charge in [0.15, 0.2) is 5.78 Å². The highest BCUT2D eigenvalue weighted by molar-refractivity contribution is 5.96. The Morgan fingerprint density at radius 2 is 1.95 bits per heavy atom. The number of rotatable bonds is 8. The Morgan fingerprint density at radius 1 is 1.35 bits per heavy atom. The molecule has 0 radical (unpaired) electrons. The van der Waals surface area contributed by atoms with E-state index in [2.05, 4.69) is 0 Å². The highest BCUT2D eigenvalue weighted by atomic mass is 16.3. The van der Waals surface area contributed by atoms with E-state index in [0.717, 1.165) is 4.90 Å². The van der Waals surface area contributed by atoms with Crippen molar-refractivity contribution in [2.75, 3.05) is 6.54 Å². The highest BCUT2D eigenvalue weighted by Crippen LogP contribution is 2.15. The first-order chi connectivity index (χ1) is 9.38. The van der Waals surface area contributed by atoms with E-state index in [4.69, 9.17) is 5.73 Å². The van der Waals surface area contributed by atoms with E-state index < -0.39 is 18.2 Å². The zero-order chi connectivity index (χ0) is 15.3. The molecule has 6 nitrogen and oxygen atoms in total. The molecule has 1 amide bonds. The summed E-state index contributed by atoms with van der Waals surface area (Å²) in [5.74, 6) is -0.567. The zero-order valence-electron chi connectivity index (χ0n) is 11.9. The quantitative estimate of drug-likeness (QED) is 0.652. The molecule has 2 atom stereocenters. The summed E-state index contributed by atoms with van der Waals surface area (Å²) in [5.41, 5.74) is 5.54. The van der Waals surface area contributed by atoms with Crippen molar-refractivity contribution in [2.45, 2.75) is 45.4 Å². The maximum Gasteiger partial charge on any atom is 0.249 e. The molecule has 3 N–H and O–H groups in total. The largest absolute Gasteiger partial charge is 0.370 e. The van der Waals surface area contributed by atoms with Crippen LogP contribution in [0.1, 0.15) is 33.1 Å². The van der Waals surface area contributed by atoms with Crippen LogP contribution in [-0.4, -0.2) is 46.3 Å². The van der Waals surface area contributed by atoms with Crippen LogP contribution in [0.2, 0.25) is 0 Å². The number of aliphatic hydroxyl groups is 1. The van der Waals surface area contributed by atoms with Crippen molar-refractivity contribution in [3.63, 3.8) is 0 Å². The lowest BCUT2D eigenvalue weighted by Crippen LogP contribution is -2.50. The summed E-state index contributed by atoms with van der Waals surface area (Å²) >= 11 is 0. The summed E-state index contributed by atoms with van der Waals surface area (Å²) in [7, 11) is 0. The normalized spacial score (nSPS) is 19.8. The van der Waals surface area contributed by atoms with Gasteiger partial charge < -0.3 is 10.8 Å². The van der Waals surface area contributed by atoms with Crippen molar-refractivity contribution in [3.05, 3.63) is 12.2 Å². The lowest BCUT2D eigenvalue weighted by Gasteiger charge is -2.28. The molecule has 1 heterocycles. The van der Waals surface area contributed by atoms with Gasteiger partial charge in [0.2, 0.25) is 5.91 Å². The van der Waals surface area contributed by atoms with E-state index in [1.165, 1.54) is 12.2 Å². The molecule has 1 rings (SSSR count). The molecule has 2 unspecified atom stereocenters. The SMILES string of the molecule is CC(C)C(=O)CCCC(=O)C(CN)N1C(=O)C=CC1O. The lowest BCUT2D eigenvalue weighted by atomic mass is 10.00. The van der Waals surface area contributed by atoms with Gasteiger partial charge in [-0.1, -0.05) is 13.8 Å². The fourth-order valence-electron chi connectivity index (χ4n) is 2.11. The Bertz CT molecular complexity index is 417. The summed E-state index contributed by atoms with van der Waals surface area (Å²) in [6.07, 6.45) is 2.41. The summed E-state index contributed by atoms with van der Waals surface area (Å²) in [6, 6.07) is -0.832. The number of aliphatic hydroxyl groups excluding tert-OH is 1. The second-order valence-electron chi connectivity index (χ2n) is 5.21. The van der Waals surface area contributed by atoms with Crippen LogP contribution in [0.4, 0.5) is 0 Å². The van der Waals surface area contributed by atoms with Crippen LogP contribution in [0.15, 0.2) is 12.2 Å². The number of nitrogens with zero attached hydrogens (tertiary/aromatic N) is 1. The summed E-state index contributed by atoms with van der Waals surface area (Å²) < 4.78 is 0. The summed E-state index contributed by atoms with van der Waals surface area (Å²) in [6.45, 7) is 3.59. The predicted octanol–water partition coefficient (Wildman–Crippen LogP) is -0.00500. The average Bonchev–Trinajstić information content (AvgIpc) is 2.71. The van der Waals surface area contributed by atoms with E-state index in [9.17, 15) is 19.5 Å². The van der Waals surface area contributed by atoms with Crippen molar-refractivity contribution >= 4 is 17.5 Å². The number of hydrogen-bond donors (Lipinski definition) is 2. The molecular formula is C14H22N2O4. The van der Waals surface area contributed by atoms with Crippen LogP contribution >= 0.6 is 0 Å². The minimum Gasteiger partial charge on any atom is -0.370 e. The number of hydrogen-bond acceptors (Lipinski definition) is 5. The van der Waals surface area contributed by atoms with Crippen LogP contribution in [0.25, 0.3) is 0 Å². The predicted molar refractivity (Wildman–Crippen MR) is 73.5 cm³/mol. The minimum atomic E-state index is -1.10. The molecule has 0 spiro atoms. The first kappa shape index (κ1) is 16.5. The third kappa shape index (κ3) is 3.98. The molecule has 0 aromatic carbocycles. The molecule has 0 aromatic rings. The number of carbonyl (C=O) groups is 3. The highest BCUT2D eigenvalue weighted by Gasteiger charge is 2.34. The first-order valence-corrected chi connectivity index (χ1v) is 6.82. The molecule has 0 saturated heterocycles. The molecule has 0 fully saturated rings. The lowest BCUT2D eigenvalue weighted by molar-refractivity contribution is -0.141. The van der Waals surface area contributed by atoms with Gasteiger partial charge in [0.1, 0.15) is 18.1 Å². The number of Topliss-reactive ketones (excluding diaryl/α,β-unsaturated/α-hetero) is 2. The molecule has 1 aliphatic rings. The van der Waals surface area contributed by atoms with Gasteiger partial charge in [-0.2, -0.15) is 0 Å².